The van der Waals surface area contributed by atoms with Gasteiger partial charge in [0.25, 0.3) is 0 Å². The van der Waals surface area contributed by atoms with Crippen LogP contribution < -0.4 is 0 Å². The number of rotatable bonds is 8. The first-order valence-electron chi connectivity index (χ1n) is 5.82. The van der Waals surface area contributed by atoms with Crippen LogP contribution in [0.2, 0.25) is 5.02 Å². The fourth-order valence-corrected chi connectivity index (χ4v) is 1.99. The Morgan fingerprint density at radius 3 is 2.83 bits per heavy atom. The maximum Gasteiger partial charge on any atom is 0.182 e. The quantitative estimate of drug-likeness (QED) is 0.681. The van der Waals surface area contributed by atoms with E-state index in [1.807, 2.05) is 6.92 Å². The first-order valence-corrected chi connectivity index (χ1v) is 6.20. The Morgan fingerprint density at radius 2 is 2.22 bits per heavy atom. The Kier molecular flexibility index (Phi) is 6.32. The molecule has 0 saturated heterocycles. The summed E-state index contributed by atoms with van der Waals surface area (Å²) in [5, 5.41) is 4.47. The summed E-state index contributed by atoms with van der Waals surface area (Å²) in [4.78, 5) is 12.2. The molecule has 0 bridgehead atoms. The van der Waals surface area contributed by atoms with Gasteiger partial charge >= 0.3 is 0 Å². The van der Waals surface area contributed by atoms with Crippen LogP contribution in [-0.4, -0.2) is 43.0 Å². The zero-order chi connectivity index (χ0) is 13.5. The van der Waals surface area contributed by atoms with Gasteiger partial charge in [-0.25, -0.2) is 0 Å². The fraction of sp³-hybridized carbons (Fsp3) is 0.667. The highest BCUT2D eigenvalue weighted by atomic mass is 35.5. The number of nitrogens with zero attached hydrogens (tertiary/aromatic N) is 2. The monoisotopic (exact) mass is 274 g/mol. The number of ether oxygens (including phenoxy) is 2. The first-order chi connectivity index (χ1) is 8.60. The number of hydrogen-bond acceptors (Lipinski definition) is 4. The molecule has 0 N–H and O–H groups in total. The van der Waals surface area contributed by atoms with E-state index in [1.165, 1.54) is 6.20 Å². The maximum absolute atomic E-state index is 12.2. The molecule has 0 aliphatic heterocycles. The van der Waals surface area contributed by atoms with E-state index >= 15 is 0 Å². The highest BCUT2D eigenvalue weighted by molar-refractivity contribution is 6.33. The molecule has 0 aromatic carbocycles. The molecule has 102 valence electrons. The summed E-state index contributed by atoms with van der Waals surface area (Å²) in [5.41, 5.74) is 0.455. The lowest BCUT2D eigenvalue weighted by atomic mass is 10.0. The van der Waals surface area contributed by atoms with E-state index in [0.29, 0.717) is 36.9 Å². The van der Waals surface area contributed by atoms with Crippen molar-refractivity contribution in [3.05, 3.63) is 16.9 Å². The molecule has 0 radical (unpaired) electrons. The molecule has 1 unspecified atom stereocenters. The lowest BCUT2D eigenvalue weighted by Gasteiger charge is -2.11. The summed E-state index contributed by atoms with van der Waals surface area (Å²) >= 11 is 6.00. The van der Waals surface area contributed by atoms with Gasteiger partial charge in [-0.15, -0.1) is 0 Å². The van der Waals surface area contributed by atoms with Crippen LogP contribution in [0, 0.1) is 5.92 Å². The number of aromatic nitrogens is 2. The third kappa shape index (κ3) is 4.08. The molecule has 0 aliphatic rings. The number of carbonyl (C=O) groups is 1. The third-order valence-corrected chi connectivity index (χ3v) is 2.83. The maximum atomic E-state index is 12.2. The van der Waals surface area contributed by atoms with Gasteiger partial charge in [0.1, 0.15) is 5.69 Å². The van der Waals surface area contributed by atoms with Crippen LogP contribution in [0.1, 0.15) is 23.8 Å². The molecule has 1 aromatic heterocycles. The predicted octanol–water partition coefficient (Wildman–Crippen LogP) is 2.04. The van der Waals surface area contributed by atoms with Gasteiger partial charge in [-0.1, -0.05) is 18.5 Å². The van der Waals surface area contributed by atoms with Crippen LogP contribution in [0.25, 0.3) is 0 Å². The van der Waals surface area contributed by atoms with E-state index in [1.54, 1.807) is 18.9 Å². The van der Waals surface area contributed by atoms with E-state index in [2.05, 4.69) is 5.10 Å². The SMILES string of the molecule is COCCn1ncc(Cl)c1C(=O)CC(C)COC. The van der Waals surface area contributed by atoms with Crippen LogP contribution >= 0.6 is 11.6 Å². The van der Waals surface area contributed by atoms with Crippen molar-refractivity contribution in [2.45, 2.75) is 19.9 Å². The van der Waals surface area contributed by atoms with Gasteiger partial charge in [-0.3, -0.25) is 9.48 Å². The molecule has 18 heavy (non-hydrogen) atoms. The van der Waals surface area contributed by atoms with Gasteiger partial charge in [0, 0.05) is 27.2 Å². The number of methoxy groups -OCH3 is 2. The van der Waals surface area contributed by atoms with Gasteiger partial charge in [-0.2, -0.15) is 5.10 Å². The lowest BCUT2D eigenvalue weighted by molar-refractivity contribution is 0.0906. The molecule has 0 aliphatic carbocycles. The average Bonchev–Trinajstić information content (AvgIpc) is 2.68. The molecule has 0 spiro atoms. The van der Waals surface area contributed by atoms with Crippen molar-refractivity contribution in [3.63, 3.8) is 0 Å². The summed E-state index contributed by atoms with van der Waals surface area (Å²) in [7, 11) is 3.23. The second kappa shape index (κ2) is 7.51. The van der Waals surface area contributed by atoms with Crippen molar-refractivity contribution in [3.8, 4) is 0 Å². The Morgan fingerprint density at radius 1 is 1.50 bits per heavy atom. The summed E-state index contributed by atoms with van der Waals surface area (Å²) in [5.74, 6) is 0.141. The van der Waals surface area contributed by atoms with Gasteiger partial charge in [0.2, 0.25) is 0 Å². The number of Topliss-reactive ketones (excluding diaryl/α,β-unsaturated/α-hetero) is 1. The Labute approximate surface area is 112 Å². The van der Waals surface area contributed by atoms with Crippen LogP contribution in [0.4, 0.5) is 0 Å². The molecule has 1 atom stereocenters. The third-order valence-electron chi connectivity index (χ3n) is 2.55. The molecule has 0 amide bonds. The lowest BCUT2D eigenvalue weighted by Crippen LogP contribution is -2.17. The van der Waals surface area contributed by atoms with Crippen LogP contribution in [0.15, 0.2) is 6.20 Å². The molecular weight excluding hydrogens is 256 g/mol. The summed E-state index contributed by atoms with van der Waals surface area (Å²) in [6.45, 7) is 3.52. The Hall–Kier alpha value is -0.910. The minimum atomic E-state index is -0.0156. The second-order valence-corrected chi connectivity index (χ2v) is 4.65. The molecule has 0 fully saturated rings. The van der Waals surface area contributed by atoms with Crippen molar-refractivity contribution in [1.29, 1.82) is 0 Å². The van der Waals surface area contributed by atoms with Crippen molar-refractivity contribution in [2.75, 3.05) is 27.4 Å². The highest BCUT2D eigenvalue weighted by Gasteiger charge is 2.19. The van der Waals surface area contributed by atoms with Gasteiger partial charge in [-0.05, 0) is 5.92 Å². The number of ketones is 1. The van der Waals surface area contributed by atoms with Gasteiger partial charge < -0.3 is 9.47 Å². The summed E-state index contributed by atoms with van der Waals surface area (Å²) in [6, 6.07) is 0. The zero-order valence-corrected chi connectivity index (χ0v) is 11.7. The summed E-state index contributed by atoms with van der Waals surface area (Å²) in [6.07, 6.45) is 1.89. The molecule has 0 saturated carbocycles. The van der Waals surface area contributed by atoms with E-state index in [-0.39, 0.29) is 11.7 Å². The fourth-order valence-electron chi connectivity index (χ4n) is 1.74. The van der Waals surface area contributed by atoms with Crippen molar-refractivity contribution in [2.24, 2.45) is 5.92 Å². The van der Waals surface area contributed by atoms with Crippen molar-refractivity contribution in [1.82, 2.24) is 9.78 Å². The van der Waals surface area contributed by atoms with E-state index in [4.69, 9.17) is 21.1 Å². The Bertz CT molecular complexity index is 393. The van der Waals surface area contributed by atoms with Crippen LogP contribution in [0.3, 0.4) is 0 Å². The van der Waals surface area contributed by atoms with Crippen LogP contribution in [0.5, 0.6) is 0 Å². The predicted molar refractivity (Wildman–Crippen MR) is 69.1 cm³/mol. The highest BCUT2D eigenvalue weighted by Crippen LogP contribution is 2.19. The second-order valence-electron chi connectivity index (χ2n) is 4.24. The summed E-state index contributed by atoms with van der Waals surface area (Å²) < 4.78 is 11.6. The number of halogens is 1. The van der Waals surface area contributed by atoms with Crippen molar-refractivity contribution >= 4 is 17.4 Å². The van der Waals surface area contributed by atoms with E-state index in [0.717, 1.165) is 0 Å². The smallest absolute Gasteiger partial charge is 0.182 e. The molecule has 1 rings (SSSR count). The molecule has 1 aromatic rings. The average molecular weight is 275 g/mol. The molecule has 5 nitrogen and oxygen atoms in total. The van der Waals surface area contributed by atoms with Crippen molar-refractivity contribution < 1.29 is 14.3 Å². The van der Waals surface area contributed by atoms with Crippen LogP contribution in [-0.2, 0) is 16.0 Å². The number of hydrogen-bond donors (Lipinski definition) is 0. The zero-order valence-electron chi connectivity index (χ0n) is 11.0. The minimum Gasteiger partial charge on any atom is -0.384 e. The van der Waals surface area contributed by atoms with Gasteiger partial charge in [0.15, 0.2) is 5.78 Å². The van der Waals surface area contributed by atoms with E-state index in [9.17, 15) is 4.79 Å². The largest absolute Gasteiger partial charge is 0.384 e. The van der Waals surface area contributed by atoms with Gasteiger partial charge in [0.05, 0.1) is 24.4 Å². The minimum absolute atomic E-state index is 0.0156. The molecule has 1 heterocycles. The standard InChI is InChI=1S/C12H19ClN2O3/c1-9(8-18-3)6-11(16)12-10(13)7-14-15(12)4-5-17-2/h7,9H,4-6,8H2,1-3H3. The molecule has 6 heteroatoms. The number of carbonyl (C=O) groups excluding carboxylic acids is 1. The first kappa shape index (κ1) is 15.1. The normalized spacial score (nSPS) is 12.7. The topological polar surface area (TPSA) is 53.4 Å². The Balaban J connectivity index is 2.74. The van der Waals surface area contributed by atoms with E-state index < -0.39 is 0 Å². The molecular formula is C12H19ClN2O3.